The third-order valence-electron chi connectivity index (χ3n) is 4.29. The molecule has 3 aromatic rings. The summed E-state index contributed by atoms with van der Waals surface area (Å²) in [6, 6.07) is 12.4. The number of nitrogens with zero attached hydrogens (tertiary/aromatic N) is 4. The van der Waals surface area contributed by atoms with Crippen molar-refractivity contribution in [2.75, 3.05) is 18.9 Å². The number of rotatable bonds is 7. The standard InChI is InChI=1S/C19H18ClN5O4/c1-12(24(2)11-17(26)21-15-5-3-4-14(20)10-15)18-22-23-19(29-18)13-6-8-16(9-7-13)25(27)28/h3-10,12H,11H2,1-2H3,(H,21,26). The van der Waals surface area contributed by atoms with Gasteiger partial charge in [0.05, 0.1) is 17.5 Å². The predicted molar refractivity (Wildman–Crippen MR) is 108 cm³/mol. The Morgan fingerprint density at radius 1 is 1.28 bits per heavy atom. The second kappa shape index (κ2) is 8.80. The molecule has 0 bridgehead atoms. The van der Waals surface area contributed by atoms with Crippen LogP contribution in [0, 0.1) is 10.1 Å². The van der Waals surface area contributed by atoms with E-state index in [-0.39, 0.29) is 30.1 Å². The van der Waals surface area contributed by atoms with Crippen molar-refractivity contribution in [3.63, 3.8) is 0 Å². The quantitative estimate of drug-likeness (QED) is 0.459. The minimum absolute atomic E-state index is 0.0210. The number of hydrogen-bond donors (Lipinski definition) is 1. The molecule has 0 aliphatic rings. The second-order valence-electron chi connectivity index (χ2n) is 6.40. The molecule has 0 radical (unpaired) electrons. The molecule has 9 nitrogen and oxygen atoms in total. The summed E-state index contributed by atoms with van der Waals surface area (Å²) >= 11 is 5.92. The van der Waals surface area contributed by atoms with Gasteiger partial charge in [-0.25, -0.2) is 0 Å². The number of nitro groups is 1. The van der Waals surface area contributed by atoms with Gasteiger partial charge in [-0.05, 0) is 44.3 Å². The first kappa shape index (κ1) is 20.4. The summed E-state index contributed by atoms with van der Waals surface area (Å²) in [7, 11) is 1.76. The zero-order valence-electron chi connectivity index (χ0n) is 15.7. The Kier molecular flexibility index (Phi) is 6.20. The van der Waals surface area contributed by atoms with E-state index in [1.54, 1.807) is 48.3 Å². The maximum absolute atomic E-state index is 12.3. The molecule has 1 aromatic heterocycles. The van der Waals surface area contributed by atoms with E-state index in [2.05, 4.69) is 15.5 Å². The maximum Gasteiger partial charge on any atom is 0.269 e. The number of benzene rings is 2. The molecule has 1 amide bonds. The molecular weight excluding hydrogens is 398 g/mol. The third-order valence-corrected chi connectivity index (χ3v) is 4.52. The number of carbonyl (C=O) groups excluding carboxylic acids is 1. The van der Waals surface area contributed by atoms with Crippen LogP contribution in [-0.4, -0.2) is 39.5 Å². The van der Waals surface area contributed by atoms with E-state index in [1.165, 1.54) is 12.1 Å². The van der Waals surface area contributed by atoms with Gasteiger partial charge in [-0.2, -0.15) is 0 Å². The molecule has 1 atom stereocenters. The SMILES string of the molecule is CC(c1nnc(-c2ccc([N+](=O)[O-])cc2)o1)N(C)CC(=O)Nc1cccc(Cl)c1. The zero-order valence-corrected chi connectivity index (χ0v) is 16.5. The monoisotopic (exact) mass is 415 g/mol. The Labute approximate surface area is 171 Å². The number of likely N-dealkylation sites (N-methyl/N-ethyl adjacent to an activating group) is 1. The van der Waals surface area contributed by atoms with E-state index in [9.17, 15) is 14.9 Å². The number of nitro benzene ring substituents is 1. The minimum Gasteiger partial charge on any atom is -0.419 e. The van der Waals surface area contributed by atoms with Crippen LogP contribution in [0.15, 0.2) is 52.9 Å². The van der Waals surface area contributed by atoms with E-state index in [0.717, 1.165) is 0 Å². The van der Waals surface area contributed by atoms with Crippen LogP contribution in [0.2, 0.25) is 5.02 Å². The molecular formula is C19H18ClN5O4. The molecule has 0 aliphatic carbocycles. The van der Waals surface area contributed by atoms with Gasteiger partial charge < -0.3 is 9.73 Å². The number of halogens is 1. The zero-order chi connectivity index (χ0) is 21.0. The number of non-ortho nitro benzene ring substituents is 1. The van der Waals surface area contributed by atoms with E-state index < -0.39 is 4.92 Å². The summed E-state index contributed by atoms with van der Waals surface area (Å²) in [6.45, 7) is 1.93. The van der Waals surface area contributed by atoms with Crippen LogP contribution < -0.4 is 5.32 Å². The minimum atomic E-state index is -0.478. The van der Waals surface area contributed by atoms with Gasteiger partial charge in [0.2, 0.25) is 17.7 Å². The molecule has 1 heterocycles. The smallest absolute Gasteiger partial charge is 0.269 e. The number of amides is 1. The summed E-state index contributed by atoms with van der Waals surface area (Å²) in [5, 5.41) is 22.1. The van der Waals surface area contributed by atoms with Gasteiger partial charge in [0, 0.05) is 28.4 Å². The molecule has 1 N–H and O–H groups in total. The molecule has 29 heavy (non-hydrogen) atoms. The van der Waals surface area contributed by atoms with Gasteiger partial charge >= 0.3 is 0 Å². The molecule has 1 unspecified atom stereocenters. The van der Waals surface area contributed by atoms with Crippen molar-refractivity contribution in [3.8, 4) is 11.5 Å². The van der Waals surface area contributed by atoms with Crippen LogP contribution in [-0.2, 0) is 4.79 Å². The first-order valence-corrected chi connectivity index (χ1v) is 9.05. The lowest BCUT2D eigenvalue weighted by atomic mass is 10.2. The highest BCUT2D eigenvalue weighted by Crippen LogP contribution is 2.25. The molecule has 0 aliphatic heterocycles. The fourth-order valence-electron chi connectivity index (χ4n) is 2.56. The van der Waals surface area contributed by atoms with E-state index in [4.69, 9.17) is 16.0 Å². The Morgan fingerprint density at radius 2 is 2.00 bits per heavy atom. The van der Waals surface area contributed by atoms with Crippen molar-refractivity contribution in [2.45, 2.75) is 13.0 Å². The highest BCUT2D eigenvalue weighted by molar-refractivity contribution is 6.30. The molecule has 3 rings (SSSR count). The van der Waals surface area contributed by atoms with Crippen molar-refractivity contribution in [2.24, 2.45) is 0 Å². The molecule has 10 heteroatoms. The van der Waals surface area contributed by atoms with E-state index in [0.29, 0.717) is 22.2 Å². The molecule has 0 fully saturated rings. The number of aromatic nitrogens is 2. The van der Waals surface area contributed by atoms with Crippen molar-refractivity contribution in [3.05, 3.63) is 69.6 Å². The average Bonchev–Trinajstić information content (AvgIpc) is 3.17. The van der Waals surface area contributed by atoms with Crippen molar-refractivity contribution in [1.82, 2.24) is 15.1 Å². The fraction of sp³-hybridized carbons (Fsp3) is 0.211. The Balaban J connectivity index is 1.63. The van der Waals surface area contributed by atoms with E-state index >= 15 is 0 Å². The van der Waals surface area contributed by atoms with Crippen LogP contribution in [0.5, 0.6) is 0 Å². The van der Waals surface area contributed by atoms with Crippen LogP contribution >= 0.6 is 11.6 Å². The molecule has 150 valence electrons. The highest BCUT2D eigenvalue weighted by atomic mass is 35.5. The van der Waals surface area contributed by atoms with Gasteiger partial charge in [0.15, 0.2) is 0 Å². The first-order valence-electron chi connectivity index (χ1n) is 8.67. The number of nitrogens with one attached hydrogen (secondary N) is 1. The Bertz CT molecular complexity index is 1020. The van der Waals surface area contributed by atoms with Crippen molar-refractivity contribution in [1.29, 1.82) is 0 Å². The highest BCUT2D eigenvalue weighted by Gasteiger charge is 2.21. The van der Waals surface area contributed by atoms with Crippen molar-refractivity contribution >= 4 is 28.9 Å². The maximum atomic E-state index is 12.3. The van der Waals surface area contributed by atoms with Gasteiger partial charge in [-0.1, -0.05) is 17.7 Å². The lowest BCUT2D eigenvalue weighted by Crippen LogP contribution is -2.32. The fourth-order valence-corrected chi connectivity index (χ4v) is 2.75. The summed E-state index contributed by atoms with van der Waals surface area (Å²) < 4.78 is 5.69. The van der Waals surface area contributed by atoms with Gasteiger partial charge in [0.25, 0.3) is 5.69 Å². The lowest BCUT2D eigenvalue weighted by Gasteiger charge is -2.21. The summed E-state index contributed by atoms with van der Waals surface area (Å²) in [6.07, 6.45) is 0. The van der Waals surface area contributed by atoms with Gasteiger partial charge in [0.1, 0.15) is 0 Å². The number of anilines is 1. The second-order valence-corrected chi connectivity index (χ2v) is 6.84. The summed E-state index contributed by atoms with van der Waals surface area (Å²) in [4.78, 5) is 24.3. The Morgan fingerprint density at radius 3 is 2.66 bits per heavy atom. The number of carbonyl (C=O) groups is 1. The molecule has 0 saturated heterocycles. The largest absolute Gasteiger partial charge is 0.419 e. The van der Waals surface area contributed by atoms with Crippen LogP contribution in [0.3, 0.4) is 0 Å². The van der Waals surface area contributed by atoms with Gasteiger partial charge in [-0.3, -0.25) is 19.8 Å². The van der Waals surface area contributed by atoms with Crippen LogP contribution in [0.1, 0.15) is 18.9 Å². The van der Waals surface area contributed by atoms with Gasteiger partial charge in [-0.15, -0.1) is 10.2 Å². The topological polar surface area (TPSA) is 114 Å². The van der Waals surface area contributed by atoms with Crippen molar-refractivity contribution < 1.29 is 14.1 Å². The Hall–Kier alpha value is -3.30. The van der Waals surface area contributed by atoms with E-state index in [1.807, 2.05) is 6.92 Å². The summed E-state index contributed by atoms with van der Waals surface area (Å²) in [5.74, 6) is 0.367. The predicted octanol–water partition coefficient (Wildman–Crippen LogP) is 3.93. The normalized spacial score (nSPS) is 12.0. The molecule has 0 saturated carbocycles. The lowest BCUT2D eigenvalue weighted by molar-refractivity contribution is -0.384. The third kappa shape index (κ3) is 5.15. The molecule has 2 aromatic carbocycles. The number of hydrogen-bond acceptors (Lipinski definition) is 7. The molecule has 0 spiro atoms. The van der Waals surface area contributed by atoms with Crippen LogP contribution in [0.4, 0.5) is 11.4 Å². The average molecular weight is 416 g/mol. The summed E-state index contributed by atoms with van der Waals surface area (Å²) in [5.41, 5.74) is 1.16. The van der Waals surface area contributed by atoms with Crippen LogP contribution in [0.25, 0.3) is 11.5 Å². The first-order chi connectivity index (χ1) is 13.8.